The second-order valence-electron chi connectivity index (χ2n) is 10.7. The summed E-state index contributed by atoms with van der Waals surface area (Å²) in [6.45, 7) is 7.51. The molecule has 1 saturated carbocycles. The molecule has 4 rings (SSSR count). The molecule has 1 aromatic heterocycles. The summed E-state index contributed by atoms with van der Waals surface area (Å²) in [5.74, 6) is -1.11. The van der Waals surface area contributed by atoms with Crippen LogP contribution >= 0.6 is 15.9 Å². The van der Waals surface area contributed by atoms with Gasteiger partial charge in [0.25, 0.3) is 0 Å². The maximum absolute atomic E-state index is 13.1. The van der Waals surface area contributed by atoms with Gasteiger partial charge >= 0.3 is 12.0 Å². The number of amides is 2. The van der Waals surface area contributed by atoms with Crippen molar-refractivity contribution in [3.8, 4) is 5.69 Å². The van der Waals surface area contributed by atoms with Crippen molar-refractivity contribution in [2.75, 3.05) is 13.1 Å². The molecule has 0 spiro atoms. The van der Waals surface area contributed by atoms with Gasteiger partial charge in [-0.05, 0) is 54.4 Å². The molecule has 2 heterocycles. The van der Waals surface area contributed by atoms with Crippen molar-refractivity contribution in [2.45, 2.75) is 59.0 Å². The van der Waals surface area contributed by atoms with Crippen LogP contribution in [-0.2, 0) is 17.8 Å². The lowest BCUT2D eigenvalue weighted by atomic mass is 9.63. The van der Waals surface area contributed by atoms with Gasteiger partial charge in [0, 0.05) is 29.5 Å². The minimum Gasteiger partial charge on any atom is -0.476 e. The highest BCUT2D eigenvalue weighted by Gasteiger charge is 2.42. The van der Waals surface area contributed by atoms with E-state index in [0.29, 0.717) is 31.5 Å². The molecule has 2 N–H and O–H groups in total. The van der Waals surface area contributed by atoms with Gasteiger partial charge in [-0.2, -0.15) is 5.10 Å². The van der Waals surface area contributed by atoms with E-state index in [4.69, 9.17) is 0 Å². The Hall–Kier alpha value is -2.97. The molecule has 0 bridgehead atoms. The molecule has 186 valence electrons. The van der Waals surface area contributed by atoms with Crippen molar-refractivity contribution in [3.63, 3.8) is 0 Å². The van der Waals surface area contributed by atoms with Gasteiger partial charge in [-0.25, -0.2) is 24.1 Å². The highest BCUT2D eigenvalue weighted by atomic mass is 79.9. The summed E-state index contributed by atoms with van der Waals surface area (Å²) in [6.07, 6.45) is 4.62. The molecule has 1 aromatic carbocycles. The third-order valence-corrected chi connectivity index (χ3v) is 7.47. The van der Waals surface area contributed by atoms with Gasteiger partial charge in [0.15, 0.2) is 5.69 Å². The SMILES string of the molecule is CC1(C)CC(N=C=O)CC(C)(CNC(=O)N2CCc3c(c(C(=O)O)nn3-c3ccc(Br)cc3)C2)C1. The van der Waals surface area contributed by atoms with Crippen molar-refractivity contribution in [3.05, 3.63) is 45.7 Å². The summed E-state index contributed by atoms with van der Waals surface area (Å²) in [4.78, 5) is 41.5. The minimum atomic E-state index is -1.11. The zero-order valence-electron chi connectivity index (χ0n) is 20.2. The minimum absolute atomic E-state index is 0.000760. The summed E-state index contributed by atoms with van der Waals surface area (Å²) in [6, 6.07) is 7.17. The van der Waals surface area contributed by atoms with E-state index in [9.17, 15) is 19.5 Å². The quantitative estimate of drug-likeness (QED) is 0.430. The summed E-state index contributed by atoms with van der Waals surface area (Å²) in [7, 11) is 0. The van der Waals surface area contributed by atoms with E-state index in [1.807, 2.05) is 24.3 Å². The number of aromatic carboxylic acids is 1. The maximum atomic E-state index is 13.1. The first-order valence-electron chi connectivity index (χ1n) is 11.7. The molecule has 1 aliphatic heterocycles. The van der Waals surface area contributed by atoms with Gasteiger partial charge in [0.1, 0.15) is 0 Å². The summed E-state index contributed by atoms with van der Waals surface area (Å²) < 4.78 is 2.59. The largest absolute Gasteiger partial charge is 0.476 e. The van der Waals surface area contributed by atoms with Crippen molar-refractivity contribution < 1.29 is 19.5 Å². The molecule has 2 aliphatic rings. The molecule has 10 heteroatoms. The van der Waals surface area contributed by atoms with E-state index in [1.165, 1.54) is 0 Å². The number of carbonyl (C=O) groups excluding carboxylic acids is 2. The molecular formula is C25H30BrN5O4. The monoisotopic (exact) mass is 543 g/mol. The zero-order valence-corrected chi connectivity index (χ0v) is 21.8. The van der Waals surface area contributed by atoms with Gasteiger partial charge in [0.05, 0.1) is 24.0 Å². The fourth-order valence-electron chi connectivity index (χ4n) is 5.84. The standard InChI is InChI=1S/C25H30BrN5O4/c1-24(2)10-17(28-15-32)11-25(3,13-24)14-27-23(35)30-9-8-20-19(12-30)21(22(33)34)29-31(20)18-6-4-16(26)5-7-18/h4-7,17H,8-14H2,1-3H3,(H,27,35)(H,33,34). The first kappa shape index (κ1) is 25.1. The first-order valence-corrected chi connectivity index (χ1v) is 12.5. The van der Waals surface area contributed by atoms with Crippen LogP contribution in [0.25, 0.3) is 5.69 Å². The third kappa shape index (κ3) is 5.49. The molecule has 0 saturated heterocycles. The van der Waals surface area contributed by atoms with Crippen molar-refractivity contribution in [1.82, 2.24) is 20.0 Å². The topological polar surface area (TPSA) is 117 Å². The van der Waals surface area contributed by atoms with Crippen LogP contribution in [0.2, 0.25) is 0 Å². The smallest absolute Gasteiger partial charge is 0.356 e. The highest BCUT2D eigenvalue weighted by molar-refractivity contribution is 9.10. The summed E-state index contributed by atoms with van der Waals surface area (Å²) in [5, 5.41) is 17.2. The lowest BCUT2D eigenvalue weighted by molar-refractivity contribution is 0.0687. The number of fused-ring (bicyclic) bond motifs is 1. The van der Waals surface area contributed by atoms with Crippen LogP contribution in [0, 0.1) is 10.8 Å². The third-order valence-electron chi connectivity index (χ3n) is 6.94. The van der Waals surface area contributed by atoms with Crippen LogP contribution < -0.4 is 5.32 Å². The molecule has 1 aliphatic carbocycles. The van der Waals surface area contributed by atoms with E-state index in [-0.39, 0.29) is 35.1 Å². The molecule has 2 amide bonds. The number of nitrogens with zero attached hydrogens (tertiary/aromatic N) is 4. The molecule has 2 unspecified atom stereocenters. The van der Waals surface area contributed by atoms with Crippen molar-refractivity contribution >= 4 is 34.0 Å². The average molecular weight is 544 g/mol. The fourth-order valence-corrected chi connectivity index (χ4v) is 6.10. The number of halogens is 1. The normalized spacial score (nSPS) is 23.2. The fraction of sp³-hybridized carbons (Fsp3) is 0.520. The van der Waals surface area contributed by atoms with Gasteiger partial charge in [-0.1, -0.05) is 36.7 Å². The zero-order chi connectivity index (χ0) is 25.4. The van der Waals surface area contributed by atoms with Crippen molar-refractivity contribution in [2.24, 2.45) is 15.8 Å². The number of carboxylic acid groups (broad SMARTS) is 1. The molecule has 35 heavy (non-hydrogen) atoms. The van der Waals surface area contributed by atoms with Crippen molar-refractivity contribution in [1.29, 1.82) is 0 Å². The second-order valence-corrected chi connectivity index (χ2v) is 11.6. The van der Waals surface area contributed by atoms with Crippen LogP contribution in [0.4, 0.5) is 4.79 Å². The number of rotatable bonds is 5. The van der Waals surface area contributed by atoms with Gasteiger partial charge in [-0.3, -0.25) is 0 Å². The second kappa shape index (κ2) is 9.59. The molecule has 1 fully saturated rings. The number of isocyanates is 1. The van der Waals surface area contributed by atoms with Gasteiger partial charge < -0.3 is 15.3 Å². The number of carboxylic acids is 1. The van der Waals surface area contributed by atoms with E-state index in [1.54, 1.807) is 15.7 Å². The molecular weight excluding hydrogens is 514 g/mol. The van der Waals surface area contributed by atoms with E-state index >= 15 is 0 Å². The number of benzene rings is 1. The van der Waals surface area contributed by atoms with Gasteiger partial charge in [0.2, 0.25) is 6.08 Å². The number of aromatic nitrogens is 2. The molecule has 0 radical (unpaired) electrons. The van der Waals surface area contributed by atoms with Crippen LogP contribution in [0.1, 0.15) is 61.8 Å². The Morgan fingerprint density at radius 1 is 1.26 bits per heavy atom. The number of urea groups is 1. The van der Waals surface area contributed by atoms with Crippen LogP contribution in [0.15, 0.2) is 33.7 Å². The Balaban J connectivity index is 1.49. The average Bonchev–Trinajstić information content (AvgIpc) is 3.16. The highest BCUT2D eigenvalue weighted by Crippen LogP contribution is 2.46. The summed E-state index contributed by atoms with van der Waals surface area (Å²) >= 11 is 3.41. The van der Waals surface area contributed by atoms with E-state index in [2.05, 4.69) is 52.1 Å². The van der Waals surface area contributed by atoms with Crippen LogP contribution in [-0.4, -0.2) is 57.0 Å². The Morgan fingerprint density at radius 3 is 2.63 bits per heavy atom. The lowest BCUT2D eigenvalue weighted by Gasteiger charge is -2.45. The van der Waals surface area contributed by atoms with E-state index in [0.717, 1.165) is 28.7 Å². The van der Waals surface area contributed by atoms with Crippen LogP contribution in [0.5, 0.6) is 0 Å². The van der Waals surface area contributed by atoms with Gasteiger partial charge in [-0.15, -0.1) is 0 Å². The predicted octanol–water partition coefficient (Wildman–Crippen LogP) is 4.32. The van der Waals surface area contributed by atoms with Crippen LogP contribution in [0.3, 0.4) is 0 Å². The Bertz CT molecular complexity index is 1190. The summed E-state index contributed by atoms with van der Waals surface area (Å²) in [5.41, 5.74) is 1.91. The Morgan fingerprint density at radius 2 is 1.97 bits per heavy atom. The predicted molar refractivity (Wildman–Crippen MR) is 133 cm³/mol. The van der Waals surface area contributed by atoms with E-state index < -0.39 is 5.97 Å². The Kier molecular flexibility index (Phi) is 6.88. The first-order chi connectivity index (χ1) is 16.5. The number of hydrogen-bond acceptors (Lipinski definition) is 5. The molecule has 2 aromatic rings. The maximum Gasteiger partial charge on any atom is 0.356 e. The Labute approximate surface area is 212 Å². The number of aliphatic imine (C=N–C) groups is 1. The molecule has 2 atom stereocenters. The number of carbonyl (C=O) groups is 2. The number of nitrogens with one attached hydrogen (secondary N) is 1. The lowest BCUT2D eigenvalue weighted by Crippen LogP contribution is -2.49. The molecule has 9 nitrogen and oxygen atoms in total. The number of hydrogen-bond donors (Lipinski definition) is 2.